The highest BCUT2D eigenvalue weighted by atomic mass is 35.5. The molecule has 1 aliphatic carbocycles. The normalized spacial score (nSPS) is 23.4. The van der Waals surface area contributed by atoms with Crippen LogP contribution in [0.2, 0.25) is 0 Å². The molecule has 0 aliphatic heterocycles. The Hall–Kier alpha value is 0.0300. The average molecular weight is 187 g/mol. The third-order valence-electron chi connectivity index (χ3n) is 3.45. The summed E-state index contributed by atoms with van der Waals surface area (Å²) in [5, 5.41) is 0. The topological polar surface area (TPSA) is 0 Å². The van der Waals surface area contributed by atoms with Crippen molar-refractivity contribution in [2.24, 2.45) is 17.3 Å². The molecule has 0 aromatic heterocycles. The van der Waals surface area contributed by atoms with Gasteiger partial charge in [0.1, 0.15) is 0 Å². The fourth-order valence-corrected chi connectivity index (χ4v) is 2.49. The second-order valence-electron chi connectivity index (χ2n) is 4.41. The fraction of sp³-hybridized carbons (Fsp3) is 0.818. The first-order chi connectivity index (χ1) is 5.62. The van der Waals surface area contributed by atoms with Gasteiger partial charge in [-0.05, 0) is 30.1 Å². The molecule has 0 amide bonds. The molecule has 0 saturated heterocycles. The first-order valence-corrected chi connectivity index (χ1v) is 5.37. The smallest absolute Gasteiger partial charge is 0.0288 e. The summed E-state index contributed by atoms with van der Waals surface area (Å²) < 4.78 is 0. The van der Waals surface area contributed by atoms with Gasteiger partial charge >= 0.3 is 0 Å². The van der Waals surface area contributed by atoms with E-state index in [1.165, 1.54) is 12.8 Å². The zero-order valence-corrected chi connectivity index (χ0v) is 9.06. The van der Waals surface area contributed by atoms with E-state index in [4.69, 9.17) is 11.6 Å². The van der Waals surface area contributed by atoms with Crippen LogP contribution in [0.25, 0.3) is 0 Å². The molecule has 0 spiro atoms. The Bertz CT molecular complexity index is 162. The highest BCUT2D eigenvalue weighted by molar-refractivity contribution is 6.18. The second kappa shape index (κ2) is 3.83. The van der Waals surface area contributed by atoms with Gasteiger partial charge in [-0.15, -0.1) is 11.6 Å². The summed E-state index contributed by atoms with van der Waals surface area (Å²) in [6, 6.07) is 0. The number of hydrogen-bond acceptors (Lipinski definition) is 0. The summed E-state index contributed by atoms with van der Waals surface area (Å²) in [5.74, 6) is 2.27. The van der Waals surface area contributed by atoms with E-state index < -0.39 is 0 Å². The fourth-order valence-electron chi connectivity index (χ4n) is 2.03. The van der Waals surface area contributed by atoms with Crippen molar-refractivity contribution < 1.29 is 0 Å². The van der Waals surface area contributed by atoms with Crippen LogP contribution < -0.4 is 0 Å². The number of alkyl halides is 1. The molecule has 70 valence electrons. The van der Waals surface area contributed by atoms with E-state index >= 15 is 0 Å². The first kappa shape index (κ1) is 10.1. The third kappa shape index (κ3) is 1.69. The van der Waals surface area contributed by atoms with E-state index in [0.717, 1.165) is 17.7 Å². The molecule has 0 aromatic carbocycles. The van der Waals surface area contributed by atoms with Crippen LogP contribution in [0.5, 0.6) is 0 Å². The van der Waals surface area contributed by atoms with Gasteiger partial charge in [0.25, 0.3) is 0 Å². The lowest BCUT2D eigenvalue weighted by Gasteiger charge is -2.36. The zero-order valence-electron chi connectivity index (χ0n) is 8.31. The molecule has 1 rings (SSSR count). The third-order valence-corrected chi connectivity index (χ3v) is 3.98. The zero-order chi connectivity index (χ0) is 9.19. The Balaban J connectivity index is 2.67. The van der Waals surface area contributed by atoms with Crippen molar-refractivity contribution in [2.45, 2.75) is 33.6 Å². The molecule has 0 saturated carbocycles. The number of allylic oxidation sites excluding steroid dienone is 2. The van der Waals surface area contributed by atoms with Crippen LogP contribution in [0.15, 0.2) is 12.2 Å². The standard InChI is InChI=1S/C11H19Cl/c1-9(2)10(3)11(8-12)6-4-5-7-11/h4-5,9-10H,6-8H2,1-3H3. The second-order valence-corrected chi connectivity index (χ2v) is 4.68. The van der Waals surface area contributed by atoms with Gasteiger partial charge < -0.3 is 0 Å². The van der Waals surface area contributed by atoms with Gasteiger partial charge in [0.05, 0.1) is 0 Å². The van der Waals surface area contributed by atoms with Crippen LogP contribution in [0.1, 0.15) is 33.6 Å². The quantitative estimate of drug-likeness (QED) is 0.464. The summed E-state index contributed by atoms with van der Waals surface area (Å²) in [6.45, 7) is 6.91. The molecule has 1 unspecified atom stereocenters. The van der Waals surface area contributed by atoms with E-state index in [1.54, 1.807) is 0 Å². The molecule has 0 nitrogen and oxygen atoms in total. The molecule has 1 aliphatic rings. The lowest BCUT2D eigenvalue weighted by Crippen LogP contribution is -2.31. The Morgan fingerprint density at radius 1 is 1.25 bits per heavy atom. The number of rotatable bonds is 3. The maximum Gasteiger partial charge on any atom is 0.0288 e. The predicted octanol–water partition coefficient (Wildman–Crippen LogP) is 3.85. The Morgan fingerprint density at radius 2 is 1.75 bits per heavy atom. The van der Waals surface area contributed by atoms with Crippen molar-refractivity contribution in [1.82, 2.24) is 0 Å². The van der Waals surface area contributed by atoms with Crippen molar-refractivity contribution >= 4 is 11.6 Å². The van der Waals surface area contributed by atoms with E-state index in [1.807, 2.05) is 0 Å². The highest BCUT2D eigenvalue weighted by Crippen LogP contribution is 2.44. The van der Waals surface area contributed by atoms with E-state index in [0.29, 0.717) is 5.41 Å². The van der Waals surface area contributed by atoms with Gasteiger partial charge in [-0.25, -0.2) is 0 Å². The molecule has 0 radical (unpaired) electrons. The minimum atomic E-state index is 0.371. The van der Waals surface area contributed by atoms with Gasteiger partial charge in [0, 0.05) is 5.88 Å². The minimum Gasteiger partial charge on any atom is -0.126 e. The predicted molar refractivity (Wildman–Crippen MR) is 55.5 cm³/mol. The maximum absolute atomic E-state index is 6.06. The van der Waals surface area contributed by atoms with Gasteiger partial charge in [-0.1, -0.05) is 32.9 Å². The molecular formula is C11H19Cl. The summed E-state index contributed by atoms with van der Waals surface area (Å²) in [4.78, 5) is 0. The van der Waals surface area contributed by atoms with Gasteiger partial charge in [0.15, 0.2) is 0 Å². The highest BCUT2D eigenvalue weighted by Gasteiger charge is 2.36. The molecule has 0 fully saturated rings. The Kier molecular flexibility index (Phi) is 3.22. The molecule has 12 heavy (non-hydrogen) atoms. The minimum absolute atomic E-state index is 0.371. The van der Waals surface area contributed by atoms with E-state index in [-0.39, 0.29) is 0 Å². The van der Waals surface area contributed by atoms with Crippen LogP contribution >= 0.6 is 11.6 Å². The molecule has 0 bridgehead atoms. The van der Waals surface area contributed by atoms with Crippen molar-refractivity contribution in [3.63, 3.8) is 0 Å². The van der Waals surface area contributed by atoms with Gasteiger partial charge in [-0.2, -0.15) is 0 Å². The summed E-state index contributed by atoms with van der Waals surface area (Å²) >= 11 is 6.06. The first-order valence-electron chi connectivity index (χ1n) is 4.83. The summed E-state index contributed by atoms with van der Waals surface area (Å²) in [7, 11) is 0. The van der Waals surface area contributed by atoms with Crippen molar-refractivity contribution in [2.75, 3.05) is 5.88 Å². The van der Waals surface area contributed by atoms with Crippen molar-refractivity contribution in [3.8, 4) is 0 Å². The summed E-state index contributed by atoms with van der Waals surface area (Å²) in [6.07, 6.45) is 6.91. The Labute approximate surface area is 81.0 Å². The molecule has 0 N–H and O–H groups in total. The van der Waals surface area contributed by atoms with Crippen molar-refractivity contribution in [3.05, 3.63) is 12.2 Å². The lowest BCUT2D eigenvalue weighted by atomic mass is 9.71. The lowest BCUT2D eigenvalue weighted by molar-refractivity contribution is 0.171. The number of hydrogen-bond donors (Lipinski definition) is 0. The van der Waals surface area contributed by atoms with Crippen LogP contribution in [0.4, 0.5) is 0 Å². The van der Waals surface area contributed by atoms with E-state index in [2.05, 4.69) is 32.9 Å². The maximum atomic E-state index is 6.06. The monoisotopic (exact) mass is 186 g/mol. The average Bonchev–Trinajstić information content (AvgIpc) is 2.52. The molecular weight excluding hydrogens is 168 g/mol. The Morgan fingerprint density at radius 3 is 2.08 bits per heavy atom. The summed E-state index contributed by atoms with van der Waals surface area (Å²) in [5.41, 5.74) is 0.371. The van der Waals surface area contributed by atoms with Crippen molar-refractivity contribution in [1.29, 1.82) is 0 Å². The molecule has 0 aromatic rings. The van der Waals surface area contributed by atoms with Crippen LogP contribution in [0, 0.1) is 17.3 Å². The SMILES string of the molecule is CC(C)C(C)C1(CCl)CC=CC1. The van der Waals surface area contributed by atoms with Crippen LogP contribution in [-0.4, -0.2) is 5.88 Å². The largest absolute Gasteiger partial charge is 0.126 e. The van der Waals surface area contributed by atoms with Crippen LogP contribution in [-0.2, 0) is 0 Å². The van der Waals surface area contributed by atoms with Crippen LogP contribution in [0.3, 0.4) is 0 Å². The van der Waals surface area contributed by atoms with Gasteiger partial charge in [0.2, 0.25) is 0 Å². The molecule has 1 heteroatoms. The van der Waals surface area contributed by atoms with Gasteiger partial charge in [-0.3, -0.25) is 0 Å². The molecule has 0 heterocycles. The molecule has 1 atom stereocenters. The van der Waals surface area contributed by atoms with E-state index in [9.17, 15) is 0 Å². The number of halogens is 1.